The lowest BCUT2D eigenvalue weighted by Crippen LogP contribution is -1.97. The van der Waals surface area contributed by atoms with Gasteiger partial charge in [0.25, 0.3) is 0 Å². The standard InChI is InChI=1S/C42H28N2O/c1-3-11-29(12-4-1)30-19-21-32(22-20-30)38-28-39(33-23-25-34(26-24-33)41-27-35-15-7-10-18-40(35)45-41)44-42(43-38)37-17-9-8-16-36(37)31-13-5-2-6-14-31/h1-28H. The van der Waals surface area contributed by atoms with Crippen molar-refractivity contribution in [3.8, 4) is 67.5 Å². The number of furan rings is 1. The first kappa shape index (κ1) is 26.6. The number of aromatic nitrogens is 2. The highest BCUT2D eigenvalue weighted by molar-refractivity contribution is 5.84. The maximum absolute atomic E-state index is 6.12. The molecule has 0 aliphatic rings. The molecular formula is C42H28N2O. The summed E-state index contributed by atoms with van der Waals surface area (Å²) in [4.78, 5) is 10.3. The fraction of sp³-hybridized carbons (Fsp3) is 0. The van der Waals surface area contributed by atoms with Crippen LogP contribution in [0.25, 0.3) is 78.4 Å². The molecule has 6 aromatic carbocycles. The molecule has 0 atom stereocenters. The normalized spacial score (nSPS) is 11.1. The van der Waals surface area contributed by atoms with Gasteiger partial charge in [-0.1, -0.05) is 152 Å². The van der Waals surface area contributed by atoms with Crippen LogP contribution < -0.4 is 0 Å². The zero-order valence-electron chi connectivity index (χ0n) is 24.5. The van der Waals surface area contributed by atoms with Crippen molar-refractivity contribution >= 4 is 11.0 Å². The van der Waals surface area contributed by atoms with Crippen LogP contribution in [0, 0.1) is 0 Å². The predicted octanol–water partition coefficient (Wildman–Crippen LogP) is 11.2. The molecule has 212 valence electrons. The van der Waals surface area contributed by atoms with E-state index in [1.54, 1.807) is 0 Å². The second-order valence-electron chi connectivity index (χ2n) is 11.0. The fourth-order valence-electron chi connectivity index (χ4n) is 5.80. The molecule has 0 saturated heterocycles. The minimum atomic E-state index is 0.690. The first-order chi connectivity index (χ1) is 22.3. The fourth-order valence-corrected chi connectivity index (χ4v) is 5.80. The monoisotopic (exact) mass is 576 g/mol. The van der Waals surface area contributed by atoms with Gasteiger partial charge in [-0.05, 0) is 40.5 Å². The maximum Gasteiger partial charge on any atom is 0.161 e. The number of benzene rings is 6. The number of hydrogen-bond acceptors (Lipinski definition) is 3. The van der Waals surface area contributed by atoms with Crippen LogP contribution >= 0.6 is 0 Å². The Morgan fingerprint density at radius 3 is 1.49 bits per heavy atom. The van der Waals surface area contributed by atoms with Gasteiger partial charge in [0.2, 0.25) is 0 Å². The van der Waals surface area contributed by atoms with Crippen LogP contribution in [0.1, 0.15) is 0 Å². The summed E-state index contributed by atoms with van der Waals surface area (Å²) in [5, 5.41) is 1.09. The van der Waals surface area contributed by atoms with Crippen LogP contribution in [0.3, 0.4) is 0 Å². The van der Waals surface area contributed by atoms with Crippen LogP contribution in [-0.4, -0.2) is 9.97 Å². The summed E-state index contributed by atoms with van der Waals surface area (Å²) >= 11 is 0. The number of para-hydroxylation sites is 1. The molecule has 0 fully saturated rings. The lowest BCUT2D eigenvalue weighted by atomic mass is 9.98. The van der Waals surface area contributed by atoms with Crippen molar-refractivity contribution in [2.75, 3.05) is 0 Å². The number of hydrogen-bond donors (Lipinski definition) is 0. The van der Waals surface area contributed by atoms with Gasteiger partial charge in [0, 0.05) is 27.6 Å². The Morgan fingerprint density at radius 2 is 0.844 bits per heavy atom. The van der Waals surface area contributed by atoms with E-state index < -0.39 is 0 Å². The quantitative estimate of drug-likeness (QED) is 0.198. The van der Waals surface area contributed by atoms with Gasteiger partial charge < -0.3 is 4.42 Å². The van der Waals surface area contributed by atoms with Gasteiger partial charge in [0.15, 0.2) is 5.82 Å². The topological polar surface area (TPSA) is 38.9 Å². The molecule has 3 nitrogen and oxygen atoms in total. The van der Waals surface area contributed by atoms with E-state index in [4.69, 9.17) is 14.4 Å². The van der Waals surface area contributed by atoms with E-state index in [9.17, 15) is 0 Å². The molecule has 0 aliphatic heterocycles. The molecule has 0 aliphatic carbocycles. The number of fused-ring (bicyclic) bond motifs is 1. The van der Waals surface area contributed by atoms with Crippen molar-refractivity contribution in [3.63, 3.8) is 0 Å². The molecule has 8 rings (SSSR count). The maximum atomic E-state index is 6.12. The highest BCUT2D eigenvalue weighted by atomic mass is 16.3. The number of nitrogens with zero attached hydrogens (tertiary/aromatic N) is 2. The largest absolute Gasteiger partial charge is 0.456 e. The molecule has 0 amide bonds. The summed E-state index contributed by atoms with van der Waals surface area (Å²) in [5.41, 5.74) is 11.3. The van der Waals surface area contributed by atoms with Gasteiger partial charge in [-0.3, -0.25) is 0 Å². The minimum absolute atomic E-state index is 0.690. The lowest BCUT2D eigenvalue weighted by molar-refractivity contribution is 0.631. The zero-order valence-corrected chi connectivity index (χ0v) is 24.5. The molecule has 0 saturated carbocycles. The van der Waals surface area contributed by atoms with Gasteiger partial charge in [-0.15, -0.1) is 0 Å². The molecular weight excluding hydrogens is 548 g/mol. The molecule has 45 heavy (non-hydrogen) atoms. The van der Waals surface area contributed by atoms with Gasteiger partial charge in [0.05, 0.1) is 11.4 Å². The van der Waals surface area contributed by atoms with Crippen molar-refractivity contribution in [1.82, 2.24) is 9.97 Å². The summed E-state index contributed by atoms with van der Waals surface area (Å²) in [6.07, 6.45) is 0. The summed E-state index contributed by atoms with van der Waals surface area (Å²) in [6.45, 7) is 0. The van der Waals surface area contributed by atoms with Gasteiger partial charge in [-0.25, -0.2) is 9.97 Å². The van der Waals surface area contributed by atoms with E-state index >= 15 is 0 Å². The van der Waals surface area contributed by atoms with Crippen molar-refractivity contribution in [2.24, 2.45) is 0 Å². The highest BCUT2D eigenvalue weighted by Crippen LogP contribution is 2.35. The third-order valence-electron chi connectivity index (χ3n) is 8.16. The average molecular weight is 577 g/mol. The Morgan fingerprint density at radius 1 is 0.356 bits per heavy atom. The van der Waals surface area contributed by atoms with Gasteiger partial charge >= 0.3 is 0 Å². The molecule has 8 aromatic rings. The van der Waals surface area contributed by atoms with Gasteiger partial charge in [0.1, 0.15) is 11.3 Å². The molecule has 0 N–H and O–H groups in total. The predicted molar refractivity (Wildman–Crippen MR) is 184 cm³/mol. The molecule has 0 spiro atoms. The zero-order chi connectivity index (χ0) is 30.0. The van der Waals surface area contributed by atoms with Crippen LogP contribution in [-0.2, 0) is 0 Å². The third-order valence-corrected chi connectivity index (χ3v) is 8.16. The molecule has 2 heterocycles. The first-order valence-corrected chi connectivity index (χ1v) is 15.1. The van der Waals surface area contributed by atoms with Crippen LogP contribution in [0.5, 0.6) is 0 Å². The Bertz CT molecular complexity index is 2200. The summed E-state index contributed by atoms with van der Waals surface area (Å²) in [5.74, 6) is 1.54. The van der Waals surface area contributed by atoms with Crippen molar-refractivity contribution < 1.29 is 4.42 Å². The molecule has 3 heteroatoms. The third kappa shape index (κ3) is 5.32. The van der Waals surface area contributed by atoms with Crippen LogP contribution in [0.15, 0.2) is 174 Å². The summed E-state index contributed by atoms with van der Waals surface area (Å²) in [7, 11) is 0. The lowest BCUT2D eigenvalue weighted by Gasteiger charge is -2.13. The summed E-state index contributed by atoms with van der Waals surface area (Å²) in [6, 6.07) is 58.5. The SMILES string of the molecule is c1ccc(-c2ccc(-c3cc(-c4ccc(-c5cc6ccccc6o5)cc4)nc(-c4ccccc4-c4ccccc4)n3)cc2)cc1. The average Bonchev–Trinajstić information content (AvgIpc) is 3.57. The summed E-state index contributed by atoms with van der Waals surface area (Å²) < 4.78 is 6.12. The van der Waals surface area contributed by atoms with Crippen molar-refractivity contribution in [3.05, 3.63) is 170 Å². The Hall–Kier alpha value is -6.06. The van der Waals surface area contributed by atoms with E-state index in [1.165, 1.54) is 11.1 Å². The number of rotatable bonds is 6. The first-order valence-electron chi connectivity index (χ1n) is 15.1. The van der Waals surface area contributed by atoms with Gasteiger partial charge in [-0.2, -0.15) is 0 Å². The molecule has 0 radical (unpaired) electrons. The van der Waals surface area contributed by atoms with Crippen molar-refractivity contribution in [1.29, 1.82) is 0 Å². The molecule has 2 aromatic heterocycles. The van der Waals surface area contributed by atoms with E-state index in [0.717, 1.165) is 61.5 Å². The van der Waals surface area contributed by atoms with Crippen molar-refractivity contribution in [2.45, 2.75) is 0 Å². The van der Waals surface area contributed by atoms with E-state index in [1.807, 2.05) is 36.4 Å². The van der Waals surface area contributed by atoms with Crippen LogP contribution in [0.4, 0.5) is 0 Å². The van der Waals surface area contributed by atoms with E-state index in [-0.39, 0.29) is 0 Å². The smallest absolute Gasteiger partial charge is 0.161 e. The van der Waals surface area contributed by atoms with E-state index in [2.05, 4.69) is 133 Å². The molecule has 0 bridgehead atoms. The Kier molecular flexibility index (Phi) is 6.82. The Labute approximate surface area is 262 Å². The minimum Gasteiger partial charge on any atom is -0.456 e. The van der Waals surface area contributed by atoms with Crippen LogP contribution in [0.2, 0.25) is 0 Å². The van der Waals surface area contributed by atoms with E-state index in [0.29, 0.717) is 5.82 Å². The molecule has 0 unspecified atom stereocenters. The Balaban J connectivity index is 1.23. The second kappa shape index (κ2) is 11.6. The second-order valence-corrected chi connectivity index (χ2v) is 11.0. The highest BCUT2D eigenvalue weighted by Gasteiger charge is 2.15.